The highest BCUT2D eigenvalue weighted by atomic mass is 16.3. The predicted molar refractivity (Wildman–Crippen MR) is 597 cm³/mol. The van der Waals surface area contributed by atoms with E-state index in [2.05, 4.69) is 360 Å². The second-order valence-electron chi connectivity index (χ2n) is 40.0. The first-order chi connectivity index (χ1) is 72.0. The lowest BCUT2D eigenvalue weighted by atomic mass is 9.73. The topological polar surface area (TPSA) is 169 Å². The summed E-state index contributed by atoms with van der Waals surface area (Å²) in [4.78, 5) is 45.5. The van der Waals surface area contributed by atoms with Gasteiger partial charge < -0.3 is 17.7 Å². The van der Waals surface area contributed by atoms with Crippen LogP contribution in [0.2, 0.25) is 0 Å². The van der Waals surface area contributed by atoms with Crippen LogP contribution in [0.4, 0.5) is 0 Å². The molecule has 0 saturated carbocycles. The first-order valence-electron chi connectivity index (χ1n) is 50.3. The van der Waals surface area contributed by atoms with Gasteiger partial charge in [0.1, 0.15) is 50.4 Å². The molecule has 2 unspecified atom stereocenters. The molecule has 0 radical (unpaired) electrons. The average molecular weight is 1900 g/mol. The minimum Gasteiger partial charge on any atom is -0.456 e. The smallest absolute Gasteiger partial charge is 0.182 e. The van der Waals surface area contributed by atoms with Gasteiger partial charge in [0.15, 0.2) is 40.8 Å². The molecule has 18 aromatic carbocycles. The van der Waals surface area contributed by atoms with Gasteiger partial charge in [0.2, 0.25) is 0 Å². The maximum absolute atomic E-state index is 6.88. The Morgan fingerprint density at radius 3 is 1.42 bits per heavy atom. The first-order valence-corrected chi connectivity index (χ1v) is 50.3. The van der Waals surface area contributed by atoms with Crippen molar-refractivity contribution < 1.29 is 17.7 Å². The van der Waals surface area contributed by atoms with Gasteiger partial charge in [0.05, 0.1) is 16.8 Å². The Labute approximate surface area is 848 Å². The Hall–Kier alpha value is -18.3. The van der Waals surface area contributed by atoms with Gasteiger partial charge in [-0.3, -0.25) is 4.98 Å². The van der Waals surface area contributed by atoms with Gasteiger partial charge >= 0.3 is 0 Å². The minimum atomic E-state index is -0.351. The molecule has 2 atom stereocenters. The van der Waals surface area contributed by atoms with Crippen LogP contribution < -0.4 is 0 Å². The number of hydrogen-bond acceptors (Lipinski definition) is 13. The summed E-state index contributed by atoms with van der Waals surface area (Å²) in [6.07, 6.45) is 2.91. The quantitative estimate of drug-likeness (QED) is 0.113. The van der Waals surface area contributed by atoms with Crippen LogP contribution in [0.1, 0.15) is 102 Å². The molecule has 29 rings (SSSR count). The third kappa shape index (κ3) is 13.9. The van der Waals surface area contributed by atoms with Crippen molar-refractivity contribution in [2.45, 2.75) is 85.0 Å². The molecule has 0 aliphatic heterocycles. The third-order valence-electron chi connectivity index (χ3n) is 31.2. The number of nitrogens with zero attached hydrogens (tertiary/aromatic N) is 9. The SMILES string of the molecule is CC1(C)c2ccccc2-c2c1ccc1oc3c(-c4nc(-c5ccccc5)c5ccccc5n4)cccc3c21.CCC1(C)c2ccccc2-c2cc(-c3ccc(-c4nc(-c5ccccc5C)nc(-c5ccccc5C)n4)nc3)c3oc4ccccc4c3c21.Cc1cccc(C)c1-c1nc(-c2ccc(-c3cccc4c3oc3ccc5c(c34)C(C)(c3ccccc3)c3ccccc3-5)cc2)nc(-c2cccc3oc4ccccc4c23)n1. The van der Waals surface area contributed by atoms with Gasteiger partial charge in [0, 0.05) is 121 Å². The van der Waals surface area contributed by atoms with Crippen molar-refractivity contribution in [1.82, 2.24) is 44.9 Å². The van der Waals surface area contributed by atoms with Gasteiger partial charge in [-0.05, 0) is 196 Å². The van der Waals surface area contributed by atoms with E-state index in [1.807, 2.05) is 103 Å². The van der Waals surface area contributed by atoms with Crippen molar-refractivity contribution in [1.29, 1.82) is 0 Å². The fourth-order valence-electron chi connectivity index (χ4n) is 23.8. The van der Waals surface area contributed by atoms with E-state index in [1.54, 1.807) is 0 Å². The molecule has 26 aromatic rings. The molecule has 0 N–H and O–H groups in total. The Balaban J connectivity index is 0.000000112. The summed E-state index contributed by atoms with van der Waals surface area (Å²) in [6.45, 7) is 20.0. The molecule has 8 aromatic heterocycles. The van der Waals surface area contributed by atoms with Gasteiger partial charge in [-0.25, -0.2) is 39.9 Å². The summed E-state index contributed by atoms with van der Waals surface area (Å²) in [7, 11) is 0. The molecule has 0 spiro atoms. The van der Waals surface area contributed by atoms with Crippen LogP contribution in [0, 0.1) is 27.7 Å². The predicted octanol–water partition coefficient (Wildman–Crippen LogP) is 34.6. The molecule has 0 amide bonds. The van der Waals surface area contributed by atoms with Crippen LogP contribution in [-0.2, 0) is 16.2 Å². The number of aryl methyl sites for hydroxylation is 4. The number of para-hydroxylation sites is 5. The largest absolute Gasteiger partial charge is 0.456 e. The Bertz CT molecular complexity index is 9840. The number of furan rings is 4. The number of benzene rings is 18. The number of hydrogen-bond donors (Lipinski definition) is 0. The van der Waals surface area contributed by atoms with Crippen molar-refractivity contribution in [2.75, 3.05) is 0 Å². The van der Waals surface area contributed by atoms with E-state index in [-0.39, 0.29) is 16.2 Å². The van der Waals surface area contributed by atoms with Crippen molar-refractivity contribution >= 4 is 98.7 Å². The normalized spacial score (nSPS) is 14.6. The van der Waals surface area contributed by atoms with Crippen LogP contribution in [0.3, 0.4) is 0 Å². The lowest BCUT2D eigenvalue weighted by Gasteiger charge is -2.28. The highest BCUT2D eigenvalue weighted by molar-refractivity contribution is 6.20. The van der Waals surface area contributed by atoms with Crippen LogP contribution in [-0.4, -0.2) is 44.9 Å². The Kier molecular flexibility index (Phi) is 20.4. The third-order valence-corrected chi connectivity index (χ3v) is 31.2. The summed E-state index contributed by atoms with van der Waals surface area (Å²) in [6, 6.07) is 138. The van der Waals surface area contributed by atoms with Crippen molar-refractivity contribution in [3.8, 4) is 147 Å². The molecule has 700 valence electrons. The van der Waals surface area contributed by atoms with Crippen molar-refractivity contribution in [3.05, 3.63) is 462 Å². The van der Waals surface area contributed by atoms with Gasteiger partial charge in [-0.15, -0.1) is 0 Å². The Morgan fingerprint density at radius 1 is 0.245 bits per heavy atom. The van der Waals surface area contributed by atoms with E-state index in [4.69, 9.17) is 62.5 Å². The van der Waals surface area contributed by atoms with E-state index in [9.17, 15) is 0 Å². The summed E-state index contributed by atoms with van der Waals surface area (Å²) >= 11 is 0. The number of fused-ring (bicyclic) bond motifs is 25. The van der Waals surface area contributed by atoms with Gasteiger partial charge in [-0.2, -0.15) is 0 Å². The molecule has 0 fully saturated rings. The monoisotopic (exact) mass is 1890 g/mol. The van der Waals surface area contributed by atoms with E-state index >= 15 is 0 Å². The molecular formula is C134H95N9O4. The molecule has 0 bridgehead atoms. The van der Waals surface area contributed by atoms with E-state index in [0.29, 0.717) is 46.5 Å². The molecule has 13 heteroatoms. The molecule has 13 nitrogen and oxygen atoms in total. The average Bonchev–Trinajstić information content (AvgIpc) is 1.56. The fraction of sp³-hybridized carbons (Fsp3) is 0.0970. The summed E-state index contributed by atoms with van der Waals surface area (Å²) in [5.41, 5.74) is 41.1. The zero-order valence-corrected chi connectivity index (χ0v) is 82.5. The number of rotatable bonds is 12. The molecule has 3 aliphatic carbocycles. The van der Waals surface area contributed by atoms with Crippen molar-refractivity contribution in [3.63, 3.8) is 0 Å². The lowest BCUT2D eigenvalue weighted by molar-refractivity contribution is 0.568. The maximum Gasteiger partial charge on any atom is 0.182 e. The molecule has 3 aliphatic rings. The standard InChI is InChI=1S/C55H37N3O2.C44H34N4O.C35H24N2O/c1-32-14-11-15-33(2)47(32)54-57-52(56-53(58-54)42-22-13-25-45-48(42)40-19-8-10-24-44(40)59-45)35-28-26-34(27-29-35)37-20-12-21-41-49-46(60-51(37)41)31-30-39-38-18-7-9-23-43(38)55(3,50(39)49)36-16-5-4-6-17-36;1-5-44(4)35-20-12-10-18-31(35)34-24-33(40-38(39(34)44)32-19-11-13-21-37(32)49-40)28-22-23-36(45-25-28)43-47-41(29-16-8-6-14-26(29)2)46-42(48-43)30-17-9-7-15-27(30)3;1-35(2)26-17-8-6-13-22(26)30-27(35)19-20-29-31(30)24-15-10-16-25(33(24)38-29)34-36-28-18-9-7-14-23(28)32(37-34)21-11-4-3-5-12-21/h4-31H,1-3H3;6-25H,5H2,1-4H3;3-20H,1-2H3. The van der Waals surface area contributed by atoms with Crippen LogP contribution >= 0.6 is 0 Å². The number of pyridine rings is 1. The highest BCUT2D eigenvalue weighted by Gasteiger charge is 2.45. The lowest BCUT2D eigenvalue weighted by Crippen LogP contribution is -2.22. The van der Waals surface area contributed by atoms with Gasteiger partial charge in [-0.1, -0.05) is 367 Å². The second-order valence-corrected chi connectivity index (χ2v) is 40.0. The molecule has 8 heterocycles. The number of aromatic nitrogens is 9. The minimum absolute atomic E-state index is 0.0621. The molecule has 147 heavy (non-hydrogen) atoms. The van der Waals surface area contributed by atoms with Crippen LogP contribution in [0.5, 0.6) is 0 Å². The highest BCUT2D eigenvalue weighted by Crippen LogP contribution is 2.60. The van der Waals surface area contributed by atoms with E-state index in [1.165, 1.54) is 88.5 Å². The zero-order chi connectivity index (χ0) is 98.8. The fourth-order valence-corrected chi connectivity index (χ4v) is 23.8. The zero-order valence-electron chi connectivity index (χ0n) is 82.5. The molecule has 0 saturated heterocycles. The van der Waals surface area contributed by atoms with Crippen LogP contribution in [0.25, 0.3) is 245 Å². The van der Waals surface area contributed by atoms with Crippen LogP contribution in [0.15, 0.2) is 418 Å². The summed E-state index contributed by atoms with van der Waals surface area (Å²) < 4.78 is 26.5. The maximum atomic E-state index is 6.88. The first kappa shape index (κ1) is 87.7. The molecular weight excluding hydrogens is 1800 g/mol. The summed E-state index contributed by atoms with van der Waals surface area (Å²) in [5, 5.41) is 9.94. The summed E-state index contributed by atoms with van der Waals surface area (Å²) in [5.74, 6) is 4.32. The Morgan fingerprint density at radius 2 is 0.721 bits per heavy atom. The van der Waals surface area contributed by atoms with Gasteiger partial charge in [0.25, 0.3) is 0 Å². The van der Waals surface area contributed by atoms with Crippen molar-refractivity contribution in [2.24, 2.45) is 0 Å². The second kappa shape index (κ2) is 34.2. The van der Waals surface area contributed by atoms with E-state index in [0.717, 1.165) is 178 Å². The van der Waals surface area contributed by atoms with E-state index < -0.39 is 0 Å².